The highest BCUT2D eigenvalue weighted by Gasteiger charge is 2.30. The second-order valence-electron chi connectivity index (χ2n) is 6.28. The van der Waals surface area contributed by atoms with Crippen molar-refractivity contribution in [1.82, 2.24) is 10.4 Å². The molecule has 0 fully saturated rings. The Kier molecular flexibility index (Phi) is 5.15. The quantitative estimate of drug-likeness (QED) is 0.876. The maximum Gasteiger partial charge on any atom is 0.268 e. The molecule has 2 rings (SSSR count). The summed E-state index contributed by atoms with van der Waals surface area (Å²) in [5.74, 6) is -0.158. The predicted molar refractivity (Wildman–Crippen MR) is 90.3 cm³/mol. The third-order valence-corrected chi connectivity index (χ3v) is 3.41. The molecule has 0 saturated carbocycles. The topological polar surface area (TPSA) is 56.1 Å². The Morgan fingerprint density at radius 3 is 2.04 bits per heavy atom. The number of benzene rings is 2. The van der Waals surface area contributed by atoms with Gasteiger partial charge in [0, 0.05) is 5.56 Å². The van der Waals surface area contributed by atoms with Gasteiger partial charge in [0.05, 0.1) is 11.6 Å². The van der Waals surface area contributed by atoms with Crippen LogP contribution in [-0.2, 0) is 0 Å². The summed E-state index contributed by atoms with van der Waals surface area (Å²) >= 11 is 0. The van der Waals surface area contributed by atoms with Crippen LogP contribution in [0.15, 0.2) is 60.7 Å². The first-order chi connectivity index (χ1) is 10.9. The number of amides is 1. The van der Waals surface area contributed by atoms with E-state index in [1.165, 1.54) is 5.01 Å². The van der Waals surface area contributed by atoms with E-state index < -0.39 is 11.6 Å². The zero-order valence-corrected chi connectivity index (χ0v) is 13.7. The fraction of sp³-hybridized carbons (Fsp3) is 0.263. The first-order valence-corrected chi connectivity index (χ1v) is 7.54. The summed E-state index contributed by atoms with van der Waals surface area (Å²) in [6.07, 6.45) is 0. The normalized spacial score (nSPS) is 12.3. The second kappa shape index (κ2) is 7.08. The van der Waals surface area contributed by atoms with Crippen molar-refractivity contribution in [2.24, 2.45) is 0 Å². The molecule has 23 heavy (non-hydrogen) atoms. The molecule has 0 aliphatic carbocycles. The lowest BCUT2D eigenvalue weighted by Gasteiger charge is -2.37. The van der Waals surface area contributed by atoms with Gasteiger partial charge < -0.3 is 0 Å². The molecule has 4 nitrogen and oxygen atoms in total. The van der Waals surface area contributed by atoms with E-state index in [9.17, 15) is 10.1 Å². The van der Waals surface area contributed by atoms with Crippen LogP contribution in [0.3, 0.4) is 0 Å². The lowest BCUT2D eigenvalue weighted by Crippen LogP contribution is -2.54. The molecule has 1 atom stereocenters. The van der Waals surface area contributed by atoms with Crippen LogP contribution < -0.4 is 5.43 Å². The Hall–Kier alpha value is -2.64. The molecule has 0 radical (unpaired) electrons. The van der Waals surface area contributed by atoms with Crippen molar-refractivity contribution in [3.8, 4) is 6.07 Å². The van der Waals surface area contributed by atoms with Crippen molar-refractivity contribution in [3.63, 3.8) is 0 Å². The summed E-state index contributed by atoms with van der Waals surface area (Å²) in [5, 5.41) is 11.0. The summed E-state index contributed by atoms with van der Waals surface area (Å²) in [6, 6.07) is 20.1. The third-order valence-electron chi connectivity index (χ3n) is 3.41. The van der Waals surface area contributed by atoms with E-state index >= 15 is 0 Å². The maximum absolute atomic E-state index is 12.8. The molecular formula is C19H21N3O. The molecule has 1 unspecified atom stereocenters. The molecule has 1 amide bonds. The molecule has 0 aromatic heterocycles. The van der Waals surface area contributed by atoms with Gasteiger partial charge in [-0.25, -0.2) is 5.43 Å². The van der Waals surface area contributed by atoms with E-state index in [2.05, 4.69) is 11.5 Å². The van der Waals surface area contributed by atoms with Crippen LogP contribution in [0.5, 0.6) is 0 Å². The molecule has 0 aliphatic heterocycles. The van der Waals surface area contributed by atoms with Crippen LogP contribution >= 0.6 is 0 Å². The molecule has 4 heteroatoms. The van der Waals surface area contributed by atoms with Crippen LogP contribution in [0.1, 0.15) is 42.7 Å². The highest BCUT2D eigenvalue weighted by molar-refractivity contribution is 5.94. The number of nitrogens with one attached hydrogen (secondary N) is 1. The SMILES string of the molecule is CC(C)(C)N(NC(C#N)c1ccccc1)C(=O)c1ccccc1. The minimum Gasteiger partial charge on any atom is -0.268 e. The summed E-state index contributed by atoms with van der Waals surface area (Å²) in [4.78, 5) is 12.8. The fourth-order valence-electron chi connectivity index (χ4n) is 2.22. The minimum absolute atomic E-state index is 0.158. The molecule has 0 saturated heterocycles. The molecular weight excluding hydrogens is 286 g/mol. The standard InChI is InChI=1S/C19H21N3O/c1-19(2,3)22(18(23)16-12-8-5-9-13-16)21-17(14-20)15-10-6-4-7-11-15/h4-13,17,21H,1-3H3. The van der Waals surface area contributed by atoms with Crippen molar-refractivity contribution in [2.45, 2.75) is 32.4 Å². The Balaban J connectivity index is 2.30. The minimum atomic E-state index is -0.594. The van der Waals surface area contributed by atoms with Crippen molar-refractivity contribution >= 4 is 5.91 Å². The van der Waals surface area contributed by atoms with E-state index in [4.69, 9.17) is 0 Å². The second-order valence-corrected chi connectivity index (χ2v) is 6.28. The Morgan fingerprint density at radius 2 is 1.57 bits per heavy atom. The Morgan fingerprint density at radius 1 is 1.04 bits per heavy atom. The number of hydrogen-bond donors (Lipinski definition) is 1. The molecule has 0 aliphatic rings. The summed E-state index contributed by atoms with van der Waals surface area (Å²) in [6.45, 7) is 5.79. The average Bonchev–Trinajstić information content (AvgIpc) is 2.56. The number of hydrogen-bond acceptors (Lipinski definition) is 3. The first kappa shape index (κ1) is 16.7. The van der Waals surface area contributed by atoms with Crippen molar-refractivity contribution in [1.29, 1.82) is 5.26 Å². The van der Waals surface area contributed by atoms with E-state index in [-0.39, 0.29) is 5.91 Å². The van der Waals surface area contributed by atoms with Gasteiger partial charge in [-0.3, -0.25) is 9.80 Å². The summed E-state index contributed by atoms with van der Waals surface area (Å²) < 4.78 is 0. The fourth-order valence-corrected chi connectivity index (χ4v) is 2.22. The molecule has 0 heterocycles. The van der Waals surface area contributed by atoms with Gasteiger partial charge in [-0.1, -0.05) is 48.5 Å². The molecule has 0 spiro atoms. The molecule has 2 aromatic rings. The van der Waals surface area contributed by atoms with Gasteiger partial charge in [0.1, 0.15) is 6.04 Å². The van der Waals surface area contributed by atoms with Crippen LogP contribution in [0.25, 0.3) is 0 Å². The van der Waals surface area contributed by atoms with Crippen LogP contribution in [0.2, 0.25) is 0 Å². The van der Waals surface area contributed by atoms with Gasteiger partial charge in [0.2, 0.25) is 0 Å². The Bertz CT molecular complexity index is 684. The highest BCUT2D eigenvalue weighted by atomic mass is 16.2. The van der Waals surface area contributed by atoms with E-state index in [0.29, 0.717) is 5.56 Å². The zero-order valence-electron chi connectivity index (χ0n) is 13.7. The van der Waals surface area contributed by atoms with E-state index in [1.807, 2.05) is 69.3 Å². The smallest absolute Gasteiger partial charge is 0.268 e. The van der Waals surface area contributed by atoms with E-state index in [0.717, 1.165) is 5.56 Å². The average molecular weight is 307 g/mol. The van der Waals surface area contributed by atoms with Gasteiger partial charge in [-0.2, -0.15) is 5.26 Å². The maximum atomic E-state index is 12.8. The van der Waals surface area contributed by atoms with Crippen LogP contribution in [-0.4, -0.2) is 16.5 Å². The van der Waals surface area contributed by atoms with Gasteiger partial charge in [-0.05, 0) is 38.5 Å². The van der Waals surface area contributed by atoms with Gasteiger partial charge >= 0.3 is 0 Å². The van der Waals surface area contributed by atoms with Crippen molar-refractivity contribution < 1.29 is 4.79 Å². The van der Waals surface area contributed by atoms with Gasteiger partial charge in [0.25, 0.3) is 5.91 Å². The number of carbonyl (C=O) groups excluding carboxylic acids is 1. The summed E-state index contributed by atoms with van der Waals surface area (Å²) in [7, 11) is 0. The summed E-state index contributed by atoms with van der Waals surface area (Å²) in [5.41, 5.74) is 4.01. The third kappa shape index (κ3) is 4.18. The number of carbonyl (C=O) groups is 1. The first-order valence-electron chi connectivity index (χ1n) is 7.54. The molecule has 118 valence electrons. The largest absolute Gasteiger partial charge is 0.268 e. The monoisotopic (exact) mass is 307 g/mol. The molecule has 2 aromatic carbocycles. The van der Waals surface area contributed by atoms with Gasteiger partial charge in [0.15, 0.2) is 0 Å². The van der Waals surface area contributed by atoms with Crippen LogP contribution in [0, 0.1) is 11.3 Å². The zero-order chi connectivity index (χ0) is 16.9. The number of nitrogens with zero attached hydrogens (tertiary/aromatic N) is 2. The number of rotatable bonds is 4. The molecule has 0 bridgehead atoms. The predicted octanol–water partition coefficient (Wildman–Crippen LogP) is 3.70. The lowest BCUT2D eigenvalue weighted by atomic mass is 10.1. The lowest BCUT2D eigenvalue weighted by molar-refractivity contribution is 0.0365. The number of hydrazine groups is 1. The van der Waals surface area contributed by atoms with Crippen molar-refractivity contribution in [3.05, 3.63) is 71.8 Å². The number of nitriles is 1. The van der Waals surface area contributed by atoms with Crippen LogP contribution in [0.4, 0.5) is 0 Å². The van der Waals surface area contributed by atoms with Crippen molar-refractivity contribution in [2.75, 3.05) is 0 Å². The van der Waals surface area contributed by atoms with E-state index in [1.54, 1.807) is 12.1 Å². The Labute approximate surface area is 137 Å². The van der Waals surface area contributed by atoms with Gasteiger partial charge in [-0.15, -0.1) is 0 Å². The highest BCUT2D eigenvalue weighted by Crippen LogP contribution is 2.19. The molecule has 1 N–H and O–H groups in total.